The third-order valence-corrected chi connectivity index (χ3v) is 1.99. The van der Waals surface area contributed by atoms with Gasteiger partial charge in [-0.3, -0.25) is 0 Å². The molecule has 0 saturated heterocycles. The Morgan fingerprint density at radius 2 is 2.38 bits per heavy atom. The molecule has 13 heavy (non-hydrogen) atoms. The molecule has 0 heterocycles. The Labute approximate surface area is 79.3 Å². The second-order valence-electron chi connectivity index (χ2n) is 3.01. The molecule has 0 spiro atoms. The number of hydrogen-bond acceptors (Lipinski definition) is 2. The van der Waals surface area contributed by atoms with Gasteiger partial charge in [0.25, 0.3) is 0 Å². The maximum atomic E-state index is 8.74. The number of rotatable bonds is 2. The van der Waals surface area contributed by atoms with Crippen molar-refractivity contribution in [3.63, 3.8) is 0 Å². The summed E-state index contributed by atoms with van der Waals surface area (Å²) in [6.45, 7) is 5.03. The minimum absolute atomic E-state index is 0.727. The van der Waals surface area contributed by atoms with Crippen molar-refractivity contribution in [1.82, 2.24) is 5.32 Å². The van der Waals surface area contributed by atoms with Crippen molar-refractivity contribution >= 4 is 0 Å². The van der Waals surface area contributed by atoms with Gasteiger partial charge in [0.1, 0.15) is 0 Å². The van der Waals surface area contributed by atoms with Gasteiger partial charge >= 0.3 is 0 Å². The zero-order chi connectivity index (χ0) is 9.68. The Morgan fingerprint density at radius 3 is 3.00 bits per heavy atom. The van der Waals surface area contributed by atoms with Gasteiger partial charge in [0.2, 0.25) is 0 Å². The molecule has 68 valence electrons. The van der Waals surface area contributed by atoms with Crippen molar-refractivity contribution in [2.24, 2.45) is 0 Å². The first-order chi connectivity index (χ1) is 6.27. The second kappa shape index (κ2) is 4.51. The van der Waals surface area contributed by atoms with Gasteiger partial charge in [0.05, 0.1) is 11.6 Å². The topological polar surface area (TPSA) is 35.8 Å². The summed E-state index contributed by atoms with van der Waals surface area (Å²) in [6.07, 6.45) is 6.69. The van der Waals surface area contributed by atoms with E-state index in [2.05, 4.69) is 18.3 Å². The summed E-state index contributed by atoms with van der Waals surface area (Å²) in [5.41, 5.74) is 3.10. The first kappa shape index (κ1) is 9.60. The van der Waals surface area contributed by atoms with Crippen LogP contribution in [0.4, 0.5) is 0 Å². The molecule has 0 amide bonds. The predicted octanol–water partition coefficient (Wildman–Crippen LogP) is 2.28. The summed E-state index contributed by atoms with van der Waals surface area (Å²) in [4.78, 5) is 0. The second-order valence-corrected chi connectivity index (χ2v) is 3.01. The molecule has 2 nitrogen and oxygen atoms in total. The summed E-state index contributed by atoms with van der Waals surface area (Å²) in [5.74, 6) is 0. The van der Waals surface area contributed by atoms with Crippen LogP contribution in [-0.4, -0.2) is 6.54 Å². The van der Waals surface area contributed by atoms with Gasteiger partial charge in [0, 0.05) is 18.7 Å². The Hall–Kier alpha value is -1.49. The lowest BCUT2D eigenvalue weighted by atomic mass is 10.1. The van der Waals surface area contributed by atoms with Crippen LogP contribution in [-0.2, 0) is 0 Å². The number of nitriles is 1. The molecule has 1 N–H and O–H groups in total. The molecule has 0 aromatic carbocycles. The average molecular weight is 174 g/mol. The van der Waals surface area contributed by atoms with Crippen molar-refractivity contribution in [3.8, 4) is 6.07 Å². The van der Waals surface area contributed by atoms with E-state index >= 15 is 0 Å². The molecule has 0 bridgehead atoms. The standard InChI is InChI=1S/C11H14N2/c1-3-13-11-6-4-5-10(8-12)7-9(11)2/h4-5,7,13H,3,6H2,1-2H3. The van der Waals surface area contributed by atoms with Gasteiger partial charge in [-0.05, 0) is 31.6 Å². The lowest BCUT2D eigenvalue weighted by molar-refractivity contribution is 0.817. The number of nitrogens with one attached hydrogen (secondary N) is 1. The molecule has 1 rings (SSSR count). The van der Waals surface area contributed by atoms with Crippen molar-refractivity contribution in [1.29, 1.82) is 5.26 Å². The Bertz CT molecular complexity index is 313. The Morgan fingerprint density at radius 1 is 1.62 bits per heavy atom. The van der Waals surface area contributed by atoms with Crippen LogP contribution in [0.15, 0.2) is 35.1 Å². The first-order valence-electron chi connectivity index (χ1n) is 4.50. The fourth-order valence-electron chi connectivity index (χ4n) is 1.33. The van der Waals surface area contributed by atoms with Gasteiger partial charge in [-0.15, -0.1) is 0 Å². The summed E-state index contributed by atoms with van der Waals surface area (Å²) in [6, 6.07) is 2.15. The van der Waals surface area contributed by atoms with E-state index in [4.69, 9.17) is 5.26 Å². The molecule has 0 fully saturated rings. The molecule has 0 unspecified atom stereocenters. The fraction of sp³-hybridized carbons (Fsp3) is 0.364. The highest BCUT2D eigenvalue weighted by Crippen LogP contribution is 2.15. The van der Waals surface area contributed by atoms with Crippen LogP contribution in [0.2, 0.25) is 0 Å². The van der Waals surface area contributed by atoms with Gasteiger partial charge in [-0.25, -0.2) is 0 Å². The highest BCUT2D eigenvalue weighted by Gasteiger charge is 2.02. The fourth-order valence-corrected chi connectivity index (χ4v) is 1.33. The molecule has 0 aromatic rings. The van der Waals surface area contributed by atoms with E-state index < -0.39 is 0 Å². The van der Waals surface area contributed by atoms with Crippen LogP contribution in [0.3, 0.4) is 0 Å². The van der Waals surface area contributed by atoms with Gasteiger partial charge in [-0.2, -0.15) is 5.26 Å². The molecule has 1 aliphatic rings. The normalized spacial score (nSPS) is 16.2. The molecule has 0 saturated carbocycles. The minimum atomic E-state index is 0.727. The lowest BCUT2D eigenvalue weighted by Crippen LogP contribution is -2.12. The third-order valence-electron chi connectivity index (χ3n) is 1.99. The zero-order valence-electron chi connectivity index (χ0n) is 8.09. The highest BCUT2D eigenvalue weighted by atomic mass is 14.9. The lowest BCUT2D eigenvalue weighted by Gasteiger charge is -2.07. The number of allylic oxidation sites excluding steroid dienone is 5. The van der Waals surface area contributed by atoms with E-state index in [0.29, 0.717) is 0 Å². The SMILES string of the molecule is CCNC1=C(C)C=C(C#N)C=CC1. The Kier molecular flexibility index (Phi) is 3.33. The third kappa shape index (κ3) is 2.48. The van der Waals surface area contributed by atoms with Crippen molar-refractivity contribution < 1.29 is 0 Å². The number of nitrogens with zero attached hydrogens (tertiary/aromatic N) is 1. The van der Waals surface area contributed by atoms with Gasteiger partial charge in [-0.1, -0.05) is 6.08 Å². The van der Waals surface area contributed by atoms with Gasteiger partial charge < -0.3 is 5.32 Å². The summed E-state index contributed by atoms with van der Waals surface area (Å²) in [7, 11) is 0. The maximum Gasteiger partial charge on any atom is 0.0991 e. The molecular formula is C11H14N2. The van der Waals surface area contributed by atoms with E-state index in [-0.39, 0.29) is 0 Å². The monoisotopic (exact) mass is 174 g/mol. The summed E-state index contributed by atoms with van der Waals surface area (Å²) < 4.78 is 0. The highest BCUT2D eigenvalue weighted by molar-refractivity contribution is 5.43. The van der Waals surface area contributed by atoms with Crippen LogP contribution in [0.25, 0.3) is 0 Å². The average Bonchev–Trinajstić information content (AvgIpc) is 2.30. The largest absolute Gasteiger partial charge is 0.388 e. The van der Waals surface area contributed by atoms with Crippen LogP contribution in [0, 0.1) is 11.3 Å². The summed E-state index contributed by atoms with van der Waals surface area (Å²) >= 11 is 0. The molecular weight excluding hydrogens is 160 g/mol. The minimum Gasteiger partial charge on any atom is -0.388 e. The van der Waals surface area contributed by atoms with E-state index in [1.807, 2.05) is 25.2 Å². The van der Waals surface area contributed by atoms with Crippen molar-refractivity contribution in [2.75, 3.05) is 6.54 Å². The van der Waals surface area contributed by atoms with E-state index in [0.717, 1.165) is 24.1 Å². The predicted molar refractivity (Wildman–Crippen MR) is 53.8 cm³/mol. The zero-order valence-corrected chi connectivity index (χ0v) is 8.09. The van der Waals surface area contributed by atoms with Crippen LogP contribution in [0.1, 0.15) is 20.3 Å². The van der Waals surface area contributed by atoms with E-state index in [1.54, 1.807) is 0 Å². The van der Waals surface area contributed by atoms with Crippen LogP contribution in [0.5, 0.6) is 0 Å². The maximum absolute atomic E-state index is 8.74. The Balaban J connectivity index is 2.92. The molecule has 0 atom stereocenters. The molecule has 0 aliphatic heterocycles. The van der Waals surface area contributed by atoms with Crippen LogP contribution < -0.4 is 5.32 Å². The quantitative estimate of drug-likeness (QED) is 0.697. The first-order valence-corrected chi connectivity index (χ1v) is 4.50. The van der Waals surface area contributed by atoms with Crippen molar-refractivity contribution in [3.05, 3.63) is 35.1 Å². The smallest absolute Gasteiger partial charge is 0.0991 e. The molecule has 1 aliphatic carbocycles. The molecule has 0 aromatic heterocycles. The number of hydrogen-bond donors (Lipinski definition) is 1. The molecule has 0 radical (unpaired) electrons. The summed E-state index contributed by atoms with van der Waals surface area (Å²) in [5, 5.41) is 12.0. The van der Waals surface area contributed by atoms with Crippen LogP contribution >= 0.6 is 0 Å². The molecule has 2 heteroatoms. The van der Waals surface area contributed by atoms with E-state index in [1.165, 1.54) is 5.70 Å². The van der Waals surface area contributed by atoms with E-state index in [9.17, 15) is 0 Å². The van der Waals surface area contributed by atoms with Gasteiger partial charge in [0.15, 0.2) is 0 Å². The van der Waals surface area contributed by atoms with Crippen molar-refractivity contribution in [2.45, 2.75) is 20.3 Å².